The Morgan fingerprint density at radius 1 is 1.00 bits per heavy atom. The molecule has 1 saturated heterocycles. The maximum Gasteiger partial charge on any atom is 0.163 e. The van der Waals surface area contributed by atoms with Gasteiger partial charge in [0.25, 0.3) is 0 Å². The molecule has 1 heterocycles. The third kappa shape index (κ3) is 1.45. The fourth-order valence-corrected chi connectivity index (χ4v) is 5.63. The maximum atomic E-state index is 6.66. The molecule has 19 heavy (non-hydrogen) atoms. The summed E-state index contributed by atoms with van der Waals surface area (Å²) in [5.74, 6) is 0.825. The second kappa shape index (κ2) is 3.57. The van der Waals surface area contributed by atoms with Crippen molar-refractivity contribution >= 4 is 0 Å². The molecule has 3 rings (SSSR count). The van der Waals surface area contributed by atoms with Gasteiger partial charge in [-0.1, -0.05) is 27.7 Å². The summed E-state index contributed by atoms with van der Waals surface area (Å²) in [6.45, 7) is 16.1. The van der Waals surface area contributed by atoms with Crippen LogP contribution in [0.25, 0.3) is 0 Å². The van der Waals surface area contributed by atoms with E-state index < -0.39 is 5.79 Å². The van der Waals surface area contributed by atoms with Gasteiger partial charge in [0.05, 0.1) is 11.7 Å². The van der Waals surface area contributed by atoms with Crippen LogP contribution in [0.2, 0.25) is 0 Å². The van der Waals surface area contributed by atoms with E-state index in [-0.39, 0.29) is 17.1 Å². The third-order valence-corrected chi connectivity index (χ3v) is 7.26. The lowest BCUT2D eigenvalue weighted by atomic mass is 9.59. The van der Waals surface area contributed by atoms with Gasteiger partial charge in [-0.2, -0.15) is 0 Å². The van der Waals surface area contributed by atoms with Crippen LogP contribution in [-0.4, -0.2) is 17.5 Å². The topological polar surface area (TPSA) is 18.5 Å². The lowest BCUT2D eigenvalue weighted by Crippen LogP contribution is -2.64. The zero-order valence-electron chi connectivity index (χ0n) is 13.7. The van der Waals surface area contributed by atoms with Gasteiger partial charge in [-0.15, -0.1) is 0 Å². The van der Waals surface area contributed by atoms with Gasteiger partial charge in [-0.05, 0) is 51.4 Å². The van der Waals surface area contributed by atoms with E-state index in [1.807, 2.05) is 0 Å². The predicted molar refractivity (Wildman–Crippen MR) is 76.8 cm³/mol. The first kappa shape index (κ1) is 13.9. The molecular formula is C17H30O2. The molecular weight excluding hydrogens is 236 g/mol. The van der Waals surface area contributed by atoms with Crippen LogP contribution in [0.5, 0.6) is 0 Å². The monoisotopic (exact) mass is 266 g/mol. The smallest absolute Gasteiger partial charge is 0.163 e. The molecule has 3 aliphatic rings. The molecule has 2 nitrogen and oxygen atoms in total. The molecule has 2 aliphatic carbocycles. The minimum atomic E-state index is -0.449. The summed E-state index contributed by atoms with van der Waals surface area (Å²) in [5, 5.41) is 0. The minimum absolute atomic E-state index is 0.000579. The number of ether oxygens (including phenoxy) is 2. The van der Waals surface area contributed by atoms with Gasteiger partial charge in [0.15, 0.2) is 5.79 Å². The first-order chi connectivity index (χ1) is 8.56. The molecule has 2 heteroatoms. The lowest BCUT2D eigenvalue weighted by molar-refractivity contribution is -0.377. The lowest BCUT2D eigenvalue weighted by Gasteiger charge is -2.59. The number of rotatable bonds is 0. The molecule has 0 aromatic rings. The Morgan fingerprint density at radius 2 is 1.63 bits per heavy atom. The number of fused-ring (bicyclic) bond motifs is 3. The van der Waals surface area contributed by atoms with Crippen molar-refractivity contribution in [3.05, 3.63) is 0 Å². The fourth-order valence-electron chi connectivity index (χ4n) is 5.63. The van der Waals surface area contributed by atoms with Crippen LogP contribution < -0.4 is 0 Å². The van der Waals surface area contributed by atoms with Crippen LogP contribution in [0.4, 0.5) is 0 Å². The molecule has 2 saturated carbocycles. The highest BCUT2D eigenvalue weighted by Crippen LogP contribution is 2.74. The van der Waals surface area contributed by atoms with Gasteiger partial charge in [0.1, 0.15) is 0 Å². The molecule has 5 atom stereocenters. The van der Waals surface area contributed by atoms with Crippen molar-refractivity contribution in [1.82, 2.24) is 0 Å². The van der Waals surface area contributed by atoms with E-state index in [4.69, 9.17) is 9.47 Å². The van der Waals surface area contributed by atoms with Gasteiger partial charge in [0, 0.05) is 11.3 Å². The van der Waals surface area contributed by atoms with Crippen molar-refractivity contribution in [2.75, 3.05) is 0 Å². The average molecular weight is 266 g/mol. The highest BCUT2D eigenvalue weighted by atomic mass is 16.7. The highest BCUT2D eigenvalue weighted by molar-refractivity contribution is 5.21. The number of hydrogen-bond acceptors (Lipinski definition) is 2. The molecule has 3 fully saturated rings. The summed E-state index contributed by atoms with van der Waals surface area (Å²) < 4.78 is 12.7. The van der Waals surface area contributed by atoms with E-state index in [0.29, 0.717) is 11.3 Å². The highest BCUT2D eigenvalue weighted by Gasteiger charge is 2.73. The van der Waals surface area contributed by atoms with E-state index >= 15 is 0 Å². The summed E-state index contributed by atoms with van der Waals surface area (Å²) in [5.41, 5.74) is 0.661. The molecule has 2 bridgehead atoms. The van der Waals surface area contributed by atoms with Crippen molar-refractivity contribution in [3.63, 3.8) is 0 Å². The molecule has 0 aromatic carbocycles. The Kier molecular flexibility index (Phi) is 2.61. The average Bonchev–Trinajstić information content (AvgIpc) is 2.57. The Balaban J connectivity index is 2.09. The molecule has 1 aliphatic heterocycles. The van der Waals surface area contributed by atoms with E-state index in [1.54, 1.807) is 0 Å². The summed E-state index contributed by atoms with van der Waals surface area (Å²) >= 11 is 0. The summed E-state index contributed by atoms with van der Waals surface area (Å²) in [7, 11) is 0. The molecule has 0 amide bonds. The molecule has 0 aromatic heterocycles. The van der Waals surface area contributed by atoms with Gasteiger partial charge in [-0.25, -0.2) is 0 Å². The molecule has 110 valence electrons. The zero-order chi connectivity index (χ0) is 14.3. The Labute approximate surface area is 118 Å². The Morgan fingerprint density at radius 3 is 2.11 bits per heavy atom. The summed E-state index contributed by atoms with van der Waals surface area (Å²) in [6, 6.07) is 0. The fraction of sp³-hybridized carbons (Fsp3) is 1.00. The van der Waals surface area contributed by atoms with Gasteiger partial charge < -0.3 is 9.47 Å². The van der Waals surface area contributed by atoms with E-state index in [2.05, 4.69) is 48.5 Å². The maximum absolute atomic E-state index is 6.66. The summed E-state index contributed by atoms with van der Waals surface area (Å²) in [6.07, 6.45) is 4.17. The molecule has 1 spiro atoms. The molecule has 0 radical (unpaired) electrons. The van der Waals surface area contributed by atoms with Gasteiger partial charge >= 0.3 is 0 Å². The second-order valence-electron chi connectivity index (χ2n) is 8.50. The van der Waals surface area contributed by atoms with E-state index in [9.17, 15) is 0 Å². The predicted octanol–water partition coefficient (Wildman–Crippen LogP) is 4.38. The molecule has 5 unspecified atom stereocenters. The standard InChI is InChI=1S/C17H30O2/c1-11-12(2)18-15(5,6)19-17(11)10-13-8-9-16(17,7)14(13,3)4/h11-13H,8-10H2,1-7H3. The molecule has 0 N–H and O–H groups in total. The zero-order valence-corrected chi connectivity index (χ0v) is 13.7. The van der Waals surface area contributed by atoms with Crippen molar-refractivity contribution in [3.8, 4) is 0 Å². The quantitative estimate of drug-likeness (QED) is 0.648. The Hall–Kier alpha value is -0.0800. The normalized spacial score (nSPS) is 54.8. The first-order valence-corrected chi connectivity index (χ1v) is 7.94. The van der Waals surface area contributed by atoms with E-state index in [1.165, 1.54) is 19.3 Å². The minimum Gasteiger partial charge on any atom is -0.347 e. The van der Waals surface area contributed by atoms with Crippen LogP contribution in [-0.2, 0) is 9.47 Å². The van der Waals surface area contributed by atoms with Crippen molar-refractivity contribution in [1.29, 1.82) is 0 Å². The number of hydrogen-bond donors (Lipinski definition) is 0. The van der Waals surface area contributed by atoms with Crippen LogP contribution >= 0.6 is 0 Å². The summed E-state index contributed by atoms with van der Waals surface area (Å²) in [4.78, 5) is 0. The van der Waals surface area contributed by atoms with Crippen molar-refractivity contribution < 1.29 is 9.47 Å². The first-order valence-electron chi connectivity index (χ1n) is 7.94. The largest absolute Gasteiger partial charge is 0.347 e. The van der Waals surface area contributed by atoms with Crippen LogP contribution in [0, 0.1) is 22.7 Å². The van der Waals surface area contributed by atoms with Crippen LogP contribution in [0.1, 0.15) is 67.7 Å². The van der Waals surface area contributed by atoms with Crippen LogP contribution in [0.15, 0.2) is 0 Å². The van der Waals surface area contributed by atoms with Crippen LogP contribution in [0.3, 0.4) is 0 Å². The van der Waals surface area contributed by atoms with Crippen molar-refractivity contribution in [2.24, 2.45) is 22.7 Å². The Bertz CT molecular complexity index is 400. The van der Waals surface area contributed by atoms with Gasteiger partial charge in [0.2, 0.25) is 0 Å². The SMILES string of the molecule is CC1OC(C)(C)OC2(CC3CCC2(C)C3(C)C)C1C. The van der Waals surface area contributed by atoms with Gasteiger partial charge in [-0.3, -0.25) is 0 Å². The second-order valence-corrected chi connectivity index (χ2v) is 8.50. The van der Waals surface area contributed by atoms with E-state index in [0.717, 1.165) is 5.92 Å². The third-order valence-electron chi connectivity index (χ3n) is 7.26. The van der Waals surface area contributed by atoms with Crippen molar-refractivity contribution in [2.45, 2.75) is 85.2 Å².